The Balaban J connectivity index is 2.70. The van der Waals surface area contributed by atoms with Gasteiger partial charge in [0.1, 0.15) is 0 Å². The molecule has 0 saturated heterocycles. The predicted molar refractivity (Wildman–Crippen MR) is 70.9 cm³/mol. The summed E-state index contributed by atoms with van der Waals surface area (Å²) in [4.78, 5) is 11.9. The Labute approximate surface area is 110 Å². The number of hydrogen-bond acceptors (Lipinski definition) is 3. The number of rotatable bonds is 3. The molecule has 2 heterocycles. The third kappa shape index (κ3) is 2.11. The number of fused-ring (bicyclic) bond motifs is 1. The molecule has 0 amide bonds. The van der Waals surface area contributed by atoms with Crippen molar-refractivity contribution in [3.63, 3.8) is 0 Å². The second kappa shape index (κ2) is 4.82. The van der Waals surface area contributed by atoms with Crippen LogP contribution in [0.4, 0.5) is 0 Å². The van der Waals surface area contributed by atoms with Crippen LogP contribution in [-0.4, -0.2) is 22.2 Å². The molecule has 2 rings (SSSR count). The van der Waals surface area contributed by atoms with Crippen LogP contribution in [-0.2, 0) is 4.74 Å². The second-order valence-electron chi connectivity index (χ2n) is 3.92. The third-order valence-corrected chi connectivity index (χ3v) is 2.73. The van der Waals surface area contributed by atoms with E-state index in [0.29, 0.717) is 17.2 Å². The van der Waals surface area contributed by atoms with E-state index in [-0.39, 0.29) is 0 Å². The first-order valence-electron chi connectivity index (χ1n) is 5.54. The lowest BCUT2D eigenvalue weighted by Gasteiger charge is -2.10. The first kappa shape index (κ1) is 12.6. The predicted octanol–water partition coefficient (Wildman–Crippen LogP) is 3.20. The van der Waals surface area contributed by atoms with Crippen LogP contribution in [0.5, 0.6) is 0 Å². The summed E-state index contributed by atoms with van der Waals surface area (Å²) < 4.78 is 6.63. The Hall–Kier alpha value is -1.81. The van der Waals surface area contributed by atoms with Crippen LogP contribution < -0.4 is 0 Å². The number of carbonyl (C=O) groups excluding carboxylic acids is 1. The van der Waals surface area contributed by atoms with E-state index in [0.717, 1.165) is 16.7 Å². The van der Waals surface area contributed by atoms with Gasteiger partial charge in [0, 0.05) is 11.8 Å². The van der Waals surface area contributed by atoms with Gasteiger partial charge in [-0.1, -0.05) is 18.2 Å². The van der Waals surface area contributed by atoms with Crippen LogP contribution in [0.3, 0.4) is 0 Å². The van der Waals surface area contributed by atoms with Crippen molar-refractivity contribution in [1.82, 2.24) is 9.61 Å². The lowest BCUT2D eigenvalue weighted by molar-refractivity contribution is 0.0525. The summed E-state index contributed by atoms with van der Waals surface area (Å²) in [5.74, 6) is -0.400. The molecule has 0 aliphatic carbocycles. The highest BCUT2D eigenvalue weighted by Gasteiger charge is 2.17. The van der Waals surface area contributed by atoms with E-state index in [1.165, 1.54) is 6.20 Å². The summed E-state index contributed by atoms with van der Waals surface area (Å²) in [5, 5.41) is 4.70. The van der Waals surface area contributed by atoms with Crippen molar-refractivity contribution >= 4 is 28.7 Å². The monoisotopic (exact) mass is 264 g/mol. The Morgan fingerprint density at radius 2 is 2.33 bits per heavy atom. The number of aromatic nitrogens is 2. The van der Waals surface area contributed by atoms with E-state index in [9.17, 15) is 4.79 Å². The van der Waals surface area contributed by atoms with E-state index in [4.69, 9.17) is 16.3 Å². The van der Waals surface area contributed by atoms with Gasteiger partial charge in [-0.15, -0.1) is 0 Å². The van der Waals surface area contributed by atoms with Gasteiger partial charge in [-0.25, -0.2) is 9.31 Å². The van der Waals surface area contributed by atoms with Crippen molar-refractivity contribution in [3.8, 4) is 0 Å². The lowest BCUT2D eigenvalue weighted by atomic mass is 10.0. The van der Waals surface area contributed by atoms with Gasteiger partial charge in [-0.05, 0) is 25.5 Å². The molecule has 2 aromatic heterocycles. The number of esters is 1. The molecule has 94 valence electrons. The molecule has 0 unspecified atom stereocenters. The highest BCUT2D eigenvalue weighted by Crippen LogP contribution is 2.26. The van der Waals surface area contributed by atoms with E-state index >= 15 is 0 Å². The quantitative estimate of drug-likeness (QED) is 0.800. The number of hydrogen-bond donors (Lipinski definition) is 0. The van der Waals surface area contributed by atoms with Crippen LogP contribution in [0.2, 0.25) is 5.02 Å². The van der Waals surface area contributed by atoms with Crippen LogP contribution in [0.25, 0.3) is 11.1 Å². The van der Waals surface area contributed by atoms with Gasteiger partial charge in [-0.3, -0.25) is 0 Å². The Bertz CT molecular complexity index is 631. The van der Waals surface area contributed by atoms with Crippen molar-refractivity contribution in [2.75, 3.05) is 6.61 Å². The molecule has 0 saturated carbocycles. The average molecular weight is 265 g/mol. The van der Waals surface area contributed by atoms with E-state index in [1.807, 2.05) is 6.92 Å². The standard InChI is InChI=1S/C13H13ClN2O2/c1-4-18-13(17)10-6-15-16-7-9(14)5-11(16)12(10)8(2)3/h5-7H,2,4H2,1,3H3. The van der Waals surface area contributed by atoms with Crippen molar-refractivity contribution in [2.45, 2.75) is 13.8 Å². The Kier molecular flexibility index (Phi) is 3.39. The molecule has 18 heavy (non-hydrogen) atoms. The number of carbonyl (C=O) groups is 1. The molecule has 0 fully saturated rings. The van der Waals surface area contributed by atoms with Gasteiger partial charge >= 0.3 is 5.97 Å². The minimum atomic E-state index is -0.400. The number of halogens is 1. The molecule has 0 N–H and O–H groups in total. The summed E-state index contributed by atoms with van der Waals surface area (Å²) in [6.45, 7) is 7.81. The molecule has 4 nitrogen and oxygen atoms in total. The smallest absolute Gasteiger partial charge is 0.340 e. The molecular formula is C13H13ClN2O2. The van der Waals surface area contributed by atoms with Gasteiger partial charge in [0.15, 0.2) is 0 Å². The van der Waals surface area contributed by atoms with Gasteiger partial charge in [0.05, 0.1) is 28.9 Å². The van der Waals surface area contributed by atoms with Crippen LogP contribution >= 0.6 is 11.6 Å². The van der Waals surface area contributed by atoms with Gasteiger partial charge in [0.25, 0.3) is 0 Å². The molecule has 0 aromatic carbocycles. The molecule has 0 aliphatic heterocycles. The molecule has 0 aliphatic rings. The van der Waals surface area contributed by atoms with Crippen molar-refractivity contribution < 1.29 is 9.53 Å². The highest BCUT2D eigenvalue weighted by molar-refractivity contribution is 6.31. The van der Waals surface area contributed by atoms with Crippen molar-refractivity contribution in [3.05, 3.63) is 41.2 Å². The summed E-state index contributed by atoms with van der Waals surface area (Å²) in [7, 11) is 0. The minimum absolute atomic E-state index is 0.321. The van der Waals surface area contributed by atoms with Gasteiger partial charge < -0.3 is 4.74 Å². The molecular weight excluding hydrogens is 252 g/mol. The maximum Gasteiger partial charge on any atom is 0.340 e. The topological polar surface area (TPSA) is 43.6 Å². The fourth-order valence-electron chi connectivity index (χ4n) is 1.84. The lowest BCUT2D eigenvalue weighted by Crippen LogP contribution is -2.10. The normalized spacial score (nSPS) is 10.6. The SMILES string of the molecule is C=C(C)c1c(C(=O)OCC)cnn2cc(Cl)cc12. The molecule has 5 heteroatoms. The zero-order chi connectivity index (χ0) is 13.3. The fraction of sp³-hybridized carbons (Fsp3) is 0.231. The maximum atomic E-state index is 11.9. The third-order valence-electron chi connectivity index (χ3n) is 2.53. The molecule has 0 spiro atoms. The fourth-order valence-corrected chi connectivity index (χ4v) is 2.03. The van der Waals surface area contributed by atoms with Gasteiger partial charge in [-0.2, -0.15) is 5.10 Å². The summed E-state index contributed by atoms with van der Waals surface area (Å²) >= 11 is 5.95. The number of allylic oxidation sites excluding steroid dienone is 1. The molecule has 2 aromatic rings. The van der Waals surface area contributed by atoms with Crippen molar-refractivity contribution in [1.29, 1.82) is 0 Å². The zero-order valence-corrected chi connectivity index (χ0v) is 11.0. The average Bonchev–Trinajstić information content (AvgIpc) is 2.67. The van der Waals surface area contributed by atoms with Crippen molar-refractivity contribution in [2.24, 2.45) is 0 Å². The number of ether oxygens (including phenoxy) is 1. The number of nitrogens with zero attached hydrogens (tertiary/aromatic N) is 2. The first-order valence-corrected chi connectivity index (χ1v) is 5.92. The second-order valence-corrected chi connectivity index (χ2v) is 4.36. The van der Waals surface area contributed by atoms with Gasteiger partial charge in [0.2, 0.25) is 0 Å². The Morgan fingerprint density at radius 1 is 1.61 bits per heavy atom. The van der Waals surface area contributed by atoms with Crippen LogP contribution in [0.1, 0.15) is 29.8 Å². The molecule has 0 radical (unpaired) electrons. The summed E-state index contributed by atoms with van der Waals surface area (Å²) in [6.07, 6.45) is 3.16. The maximum absolute atomic E-state index is 11.9. The molecule has 0 bridgehead atoms. The largest absolute Gasteiger partial charge is 0.462 e. The van der Waals surface area contributed by atoms with Crippen LogP contribution in [0, 0.1) is 0 Å². The highest BCUT2D eigenvalue weighted by atomic mass is 35.5. The summed E-state index contributed by atoms with van der Waals surface area (Å²) in [5.41, 5.74) is 2.64. The van der Waals surface area contributed by atoms with E-state index < -0.39 is 5.97 Å². The van der Waals surface area contributed by atoms with E-state index in [1.54, 1.807) is 23.7 Å². The zero-order valence-electron chi connectivity index (χ0n) is 10.2. The minimum Gasteiger partial charge on any atom is -0.462 e. The summed E-state index contributed by atoms with van der Waals surface area (Å²) in [6, 6.07) is 1.75. The Morgan fingerprint density at radius 3 is 2.94 bits per heavy atom. The van der Waals surface area contributed by atoms with E-state index in [2.05, 4.69) is 11.7 Å². The molecule has 0 atom stereocenters. The first-order chi connectivity index (χ1) is 8.54. The van der Waals surface area contributed by atoms with Crippen LogP contribution in [0.15, 0.2) is 25.0 Å².